The Bertz CT molecular complexity index is 435. The Morgan fingerprint density at radius 3 is 2.68 bits per heavy atom. The number of aliphatic hydroxyl groups is 1. The average molecular weight is 330 g/mol. The molecule has 0 aliphatic carbocycles. The summed E-state index contributed by atoms with van der Waals surface area (Å²) in [5.74, 6) is 0.839. The predicted molar refractivity (Wildman–Crippen MR) is 78.0 cm³/mol. The molecule has 106 valence electrons. The maximum Gasteiger partial charge on any atom is 0.260 e. The summed E-state index contributed by atoms with van der Waals surface area (Å²) in [5, 5.41) is 12.0. The van der Waals surface area contributed by atoms with Crippen LogP contribution in [0.5, 0.6) is 5.75 Å². The molecule has 1 atom stereocenters. The molecule has 0 aliphatic rings. The molecule has 0 heterocycles. The van der Waals surface area contributed by atoms with Crippen molar-refractivity contribution in [2.45, 2.75) is 33.5 Å². The summed E-state index contributed by atoms with van der Waals surface area (Å²) in [4.78, 5) is 11.8. The molecule has 1 amide bonds. The first-order chi connectivity index (χ1) is 8.93. The Hall–Kier alpha value is -1.07. The minimum absolute atomic E-state index is 0.0777. The van der Waals surface area contributed by atoms with Crippen LogP contribution >= 0.6 is 15.9 Å². The molecule has 1 aromatic rings. The van der Waals surface area contributed by atoms with Crippen LogP contribution in [0.25, 0.3) is 0 Å². The highest BCUT2D eigenvalue weighted by Crippen LogP contribution is 2.23. The second-order valence-corrected chi connectivity index (χ2v) is 5.66. The van der Waals surface area contributed by atoms with Crippen molar-refractivity contribution < 1.29 is 14.6 Å². The standard InChI is InChI=1S/C14H20BrNO3/c1-9(2)7-16-14(18)10(3)19-12-4-5-13(15)11(6-12)8-17/h4-6,9-10,17H,7-8H2,1-3H3,(H,16,18). The molecule has 19 heavy (non-hydrogen) atoms. The molecule has 0 saturated heterocycles. The van der Waals surface area contributed by atoms with Crippen molar-refractivity contribution in [1.29, 1.82) is 0 Å². The molecule has 5 heteroatoms. The minimum atomic E-state index is -0.563. The third kappa shape index (κ3) is 5.20. The lowest BCUT2D eigenvalue weighted by atomic mass is 10.2. The van der Waals surface area contributed by atoms with Gasteiger partial charge in [-0.05, 0) is 36.6 Å². The number of benzene rings is 1. The van der Waals surface area contributed by atoms with E-state index in [0.29, 0.717) is 18.2 Å². The normalized spacial score (nSPS) is 12.3. The van der Waals surface area contributed by atoms with E-state index < -0.39 is 6.10 Å². The number of rotatable bonds is 6. The summed E-state index contributed by atoms with van der Waals surface area (Å²) in [7, 11) is 0. The number of aliphatic hydroxyl groups excluding tert-OH is 1. The molecule has 1 rings (SSSR count). The first kappa shape index (κ1) is 16.0. The summed E-state index contributed by atoms with van der Waals surface area (Å²) < 4.78 is 6.38. The molecule has 0 fully saturated rings. The van der Waals surface area contributed by atoms with E-state index in [1.54, 1.807) is 25.1 Å². The van der Waals surface area contributed by atoms with Crippen LogP contribution in [0.4, 0.5) is 0 Å². The number of nitrogens with one attached hydrogen (secondary N) is 1. The molecular formula is C14H20BrNO3. The van der Waals surface area contributed by atoms with Gasteiger partial charge in [-0.3, -0.25) is 4.79 Å². The van der Waals surface area contributed by atoms with E-state index in [0.717, 1.165) is 10.0 Å². The van der Waals surface area contributed by atoms with Gasteiger partial charge in [0.25, 0.3) is 5.91 Å². The van der Waals surface area contributed by atoms with Crippen molar-refractivity contribution in [1.82, 2.24) is 5.32 Å². The van der Waals surface area contributed by atoms with Crippen LogP contribution < -0.4 is 10.1 Å². The first-order valence-corrected chi connectivity index (χ1v) is 7.07. The van der Waals surface area contributed by atoms with Crippen molar-refractivity contribution in [2.24, 2.45) is 5.92 Å². The van der Waals surface area contributed by atoms with E-state index in [4.69, 9.17) is 9.84 Å². The second kappa shape index (κ2) is 7.50. The topological polar surface area (TPSA) is 58.6 Å². The molecule has 0 spiro atoms. The van der Waals surface area contributed by atoms with E-state index in [9.17, 15) is 4.79 Å². The van der Waals surface area contributed by atoms with Gasteiger partial charge in [-0.2, -0.15) is 0 Å². The second-order valence-electron chi connectivity index (χ2n) is 4.81. The highest BCUT2D eigenvalue weighted by Gasteiger charge is 2.15. The number of carbonyl (C=O) groups excluding carboxylic acids is 1. The predicted octanol–water partition coefficient (Wildman–Crippen LogP) is 2.48. The van der Waals surface area contributed by atoms with Crippen LogP contribution in [0.2, 0.25) is 0 Å². The molecular weight excluding hydrogens is 310 g/mol. The molecule has 2 N–H and O–H groups in total. The molecule has 1 aromatic carbocycles. The van der Waals surface area contributed by atoms with Gasteiger partial charge < -0.3 is 15.2 Å². The zero-order chi connectivity index (χ0) is 14.4. The monoisotopic (exact) mass is 329 g/mol. The van der Waals surface area contributed by atoms with Crippen molar-refractivity contribution in [3.05, 3.63) is 28.2 Å². The van der Waals surface area contributed by atoms with Gasteiger partial charge in [0.05, 0.1) is 6.61 Å². The van der Waals surface area contributed by atoms with Crippen LogP contribution in [0.15, 0.2) is 22.7 Å². The molecule has 0 aliphatic heterocycles. The lowest BCUT2D eigenvalue weighted by molar-refractivity contribution is -0.127. The van der Waals surface area contributed by atoms with Gasteiger partial charge >= 0.3 is 0 Å². The van der Waals surface area contributed by atoms with E-state index in [1.165, 1.54) is 0 Å². The SMILES string of the molecule is CC(C)CNC(=O)C(C)Oc1ccc(Br)c(CO)c1. The van der Waals surface area contributed by atoms with Gasteiger partial charge in [-0.25, -0.2) is 0 Å². The highest BCUT2D eigenvalue weighted by molar-refractivity contribution is 9.10. The maximum absolute atomic E-state index is 11.8. The van der Waals surface area contributed by atoms with Crippen LogP contribution in [-0.2, 0) is 11.4 Å². The Labute approximate surface area is 122 Å². The van der Waals surface area contributed by atoms with Crippen molar-refractivity contribution in [2.75, 3.05) is 6.54 Å². The number of halogens is 1. The molecule has 0 saturated carbocycles. The summed E-state index contributed by atoms with van der Waals surface area (Å²) >= 11 is 3.33. The number of ether oxygens (including phenoxy) is 1. The van der Waals surface area contributed by atoms with Gasteiger partial charge in [0.15, 0.2) is 6.10 Å². The van der Waals surface area contributed by atoms with Gasteiger partial charge in [-0.1, -0.05) is 29.8 Å². The Morgan fingerprint density at radius 2 is 2.11 bits per heavy atom. The lowest BCUT2D eigenvalue weighted by Gasteiger charge is -2.16. The molecule has 0 aromatic heterocycles. The third-order valence-corrected chi connectivity index (χ3v) is 3.33. The Kier molecular flexibility index (Phi) is 6.31. The third-order valence-electron chi connectivity index (χ3n) is 2.55. The number of hydrogen-bond donors (Lipinski definition) is 2. The summed E-state index contributed by atoms with van der Waals surface area (Å²) in [6, 6.07) is 5.27. The number of hydrogen-bond acceptors (Lipinski definition) is 3. The fourth-order valence-corrected chi connectivity index (χ4v) is 1.82. The molecule has 0 bridgehead atoms. The van der Waals surface area contributed by atoms with E-state index in [-0.39, 0.29) is 12.5 Å². The van der Waals surface area contributed by atoms with E-state index in [1.807, 2.05) is 13.8 Å². The summed E-state index contributed by atoms with van der Waals surface area (Å²) in [5.41, 5.74) is 0.729. The van der Waals surface area contributed by atoms with Crippen LogP contribution in [-0.4, -0.2) is 23.7 Å². The Balaban J connectivity index is 2.61. The minimum Gasteiger partial charge on any atom is -0.481 e. The highest BCUT2D eigenvalue weighted by atomic mass is 79.9. The quantitative estimate of drug-likeness (QED) is 0.842. The fraction of sp³-hybridized carbons (Fsp3) is 0.500. The van der Waals surface area contributed by atoms with Crippen LogP contribution in [0.1, 0.15) is 26.3 Å². The van der Waals surface area contributed by atoms with Crippen LogP contribution in [0.3, 0.4) is 0 Å². The number of amides is 1. The molecule has 4 nitrogen and oxygen atoms in total. The maximum atomic E-state index is 11.8. The zero-order valence-corrected chi connectivity index (χ0v) is 13.0. The van der Waals surface area contributed by atoms with Crippen molar-refractivity contribution in [3.63, 3.8) is 0 Å². The largest absolute Gasteiger partial charge is 0.481 e. The lowest BCUT2D eigenvalue weighted by Crippen LogP contribution is -2.38. The molecule has 0 radical (unpaired) electrons. The van der Waals surface area contributed by atoms with Crippen molar-refractivity contribution >= 4 is 21.8 Å². The first-order valence-electron chi connectivity index (χ1n) is 6.27. The summed E-state index contributed by atoms with van der Waals surface area (Å²) in [6.07, 6.45) is -0.563. The smallest absolute Gasteiger partial charge is 0.260 e. The summed E-state index contributed by atoms with van der Waals surface area (Å²) in [6.45, 7) is 6.33. The van der Waals surface area contributed by atoms with E-state index >= 15 is 0 Å². The van der Waals surface area contributed by atoms with Crippen LogP contribution in [0, 0.1) is 5.92 Å². The van der Waals surface area contributed by atoms with Gasteiger partial charge in [0, 0.05) is 11.0 Å². The van der Waals surface area contributed by atoms with Gasteiger partial charge in [0.1, 0.15) is 5.75 Å². The number of carbonyl (C=O) groups is 1. The average Bonchev–Trinajstić information content (AvgIpc) is 2.37. The zero-order valence-electron chi connectivity index (χ0n) is 11.4. The Morgan fingerprint density at radius 1 is 1.42 bits per heavy atom. The van der Waals surface area contributed by atoms with Gasteiger partial charge in [0.2, 0.25) is 0 Å². The fourth-order valence-electron chi connectivity index (χ4n) is 1.45. The molecule has 1 unspecified atom stereocenters. The van der Waals surface area contributed by atoms with E-state index in [2.05, 4.69) is 21.2 Å². The van der Waals surface area contributed by atoms with Gasteiger partial charge in [-0.15, -0.1) is 0 Å². The van der Waals surface area contributed by atoms with Crippen molar-refractivity contribution in [3.8, 4) is 5.75 Å².